The molecule has 2 aromatic rings. The van der Waals surface area contributed by atoms with E-state index in [4.69, 9.17) is 4.74 Å². The van der Waals surface area contributed by atoms with Crippen LogP contribution in [0.3, 0.4) is 0 Å². The van der Waals surface area contributed by atoms with Crippen LogP contribution in [0, 0.1) is 0 Å². The highest BCUT2D eigenvalue weighted by atomic mass is 16.5. The van der Waals surface area contributed by atoms with Crippen molar-refractivity contribution in [3.63, 3.8) is 0 Å². The molecule has 5 heteroatoms. The van der Waals surface area contributed by atoms with Gasteiger partial charge in [0, 0.05) is 37.6 Å². The van der Waals surface area contributed by atoms with Crippen LogP contribution in [-0.4, -0.2) is 65.1 Å². The topological polar surface area (TPSA) is 45.7 Å². The second-order valence-electron chi connectivity index (χ2n) is 7.66. The highest BCUT2D eigenvalue weighted by Crippen LogP contribution is 2.23. The zero-order valence-electron chi connectivity index (χ0n) is 15.6. The molecule has 0 aliphatic carbocycles. The van der Waals surface area contributed by atoms with E-state index in [-0.39, 0.29) is 24.2 Å². The van der Waals surface area contributed by atoms with Gasteiger partial charge in [-0.1, -0.05) is 24.3 Å². The summed E-state index contributed by atoms with van der Waals surface area (Å²) in [4.78, 5) is 22.2. The summed E-state index contributed by atoms with van der Waals surface area (Å²) >= 11 is 0. The van der Waals surface area contributed by atoms with E-state index in [1.54, 1.807) is 0 Å². The molecule has 5 nitrogen and oxygen atoms in total. The molecule has 3 atom stereocenters. The van der Waals surface area contributed by atoms with Gasteiger partial charge in [-0.2, -0.15) is 0 Å². The average molecular weight is 353 g/mol. The molecule has 1 aromatic carbocycles. The summed E-state index contributed by atoms with van der Waals surface area (Å²) in [6.07, 6.45) is 2.65. The second kappa shape index (κ2) is 7.33. The molecule has 138 valence electrons. The van der Waals surface area contributed by atoms with Crippen molar-refractivity contribution in [1.82, 2.24) is 14.8 Å². The summed E-state index contributed by atoms with van der Waals surface area (Å²) in [5.41, 5.74) is 1.43. The molecule has 26 heavy (non-hydrogen) atoms. The fraction of sp³-hybridized carbons (Fsp3) is 0.524. The lowest BCUT2D eigenvalue weighted by molar-refractivity contribution is -0.0715. The Hall–Kier alpha value is -1.98. The number of hydrogen-bond donors (Lipinski definition) is 0. The van der Waals surface area contributed by atoms with Gasteiger partial charge >= 0.3 is 0 Å². The van der Waals surface area contributed by atoms with E-state index in [0.717, 1.165) is 49.9 Å². The Kier molecular flexibility index (Phi) is 4.92. The van der Waals surface area contributed by atoms with Gasteiger partial charge in [0.05, 0.1) is 17.7 Å². The van der Waals surface area contributed by atoms with E-state index < -0.39 is 0 Å². The molecule has 0 bridgehead atoms. The number of amides is 1. The highest BCUT2D eigenvalue weighted by molar-refractivity contribution is 5.95. The Morgan fingerprint density at radius 3 is 2.73 bits per heavy atom. The summed E-state index contributed by atoms with van der Waals surface area (Å²) < 4.78 is 5.83. The molecule has 2 saturated heterocycles. The molecule has 0 saturated carbocycles. The summed E-state index contributed by atoms with van der Waals surface area (Å²) in [5.74, 6) is 0.0626. The normalized spacial score (nSPS) is 27.2. The van der Waals surface area contributed by atoms with Crippen molar-refractivity contribution in [3.05, 3.63) is 42.1 Å². The van der Waals surface area contributed by atoms with Gasteiger partial charge in [0.2, 0.25) is 0 Å². The number of aromatic nitrogens is 1. The first-order valence-corrected chi connectivity index (χ1v) is 9.65. The van der Waals surface area contributed by atoms with Crippen LogP contribution in [0.5, 0.6) is 0 Å². The number of ether oxygens (including phenoxy) is 1. The number of nitrogens with zero attached hydrogens (tertiary/aromatic N) is 3. The van der Waals surface area contributed by atoms with E-state index in [1.807, 2.05) is 41.3 Å². The first-order chi connectivity index (χ1) is 12.6. The lowest BCUT2D eigenvalue weighted by Crippen LogP contribution is -2.51. The maximum Gasteiger partial charge on any atom is 0.272 e. The van der Waals surface area contributed by atoms with Gasteiger partial charge in [-0.15, -0.1) is 0 Å². The summed E-state index contributed by atoms with van der Waals surface area (Å²) in [5, 5.41) is 1.07. The van der Waals surface area contributed by atoms with Crippen molar-refractivity contribution in [2.75, 3.05) is 26.2 Å². The number of benzene rings is 1. The number of hydrogen-bond acceptors (Lipinski definition) is 4. The van der Waals surface area contributed by atoms with Crippen molar-refractivity contribution >= 4 is 16.8 Å². The van der Waals surface area contributed by atoms with Gasteiger partial charge in [-0.3, -0.25) is 9.69 Å². The number of fused-ring (bicyclic) bond motifs is 1. The third-order valence-electron chi connectivity index (χ3n) is 5.42. The van der Waals surface area contributed by atoms with E-state index in [0.29, 0.717) is 5.69 Å². The van der Waals surface area contributed by atoms with E-state index >= 15 is 0 Å². The van der Waals surface area contributed by atoms with E-state index in [2.05, 4.69) is 23.7 Å². The summed E-state index contributed by atoms with van der Waals surface area (Å²) in [6, 6.07) is 12.1. The minimum absolute atomic E-state index is 0.0626. The maximum atomic E-state index is 13.1. The van der Waals surface area contributed by atoms with Crippen LogP contribution in [0.25, 0.3) is 10.9 Å². The number of carbonyl (C=O) groups is 1. The monoisotopic (exact) mass is 353 g/mol. The Morgan fingerprint density at radius 2 is 1.92 bits per heavy atom. The quantitative estimate of drug-likeness (QED) is 0.851. The fourth-order valence-corrected chi connectivity index (χ4v) is 4.36. The van der Waals surface area contributed by atoms with Gasteiger partial charge in [0.15, 0.2) is 0 Å². The fourth-order valence-electron chi connectivity index (χ4n) is 4.36. The van der Waals surface area contributed by atoms with Crippen LogP contribution >= 0.6 is 0 Å². The van der Waals surface area contributed by atoms with Crippen molar-refractivity contribution in [2.24, 2.45) is 0 Å². The number of para-hydroxylation sites is 1. The first-order valence-electron chi connectivity index (χ1n) is 9.65. The molecule has 0 spiro atoms. The van der Waals surface area contributed by atoms with Crippen molar-refractivity contribution in [2.45, 2.75) is 44.9 Å². The zero-order valence-corrected chi connectivity index (χ0v) is 15.6. The third-order valence-corrected chi connectivity index (χ3v) is 5.42. The molecule has 4 rings (SSSR count). The SMILES string of the molecule is C[C@@H]1CN(C[C@@H]2CCCN2C(=O)c2ccc3ccccc3n2)C[C@@H](C)O1. The van der Waals surface area contributed by atoms with Gasteiger partial charge in [-0.05, 0) is 38.8 Å². The number of morpholine rings is 1. The van der Waals surface area contributed by atoms with Crippen LogP contribution in [0.4, 0.5) is 0 Å². The first kappa shape index (κ1) is 17.4. The number of pyridine rings is 1. The van der Waals surface area contributed by atoms with Gasteiger partial charge in [0.25, 0.3) is 5.91 Å². The predicted molar refractivity (Wildman–Crippen MR) is 102 cm³/mol. The Morgan fingerprint density at radius 1 is 1.15 bits per heavy atom. The van der Waals surface area contributed by atoms with E-state index in [9.17, 15) is 4.79 Å². The molecule has 2 fully saturated rings. The van der Waals surface area contributed by atoms with Crippen LogP contribution in [0.15, 0.2) is 36.4 Å². The number of carbonyl (C=O) groups excluding carboxylic acids is 1. The molecule has 0 radical (unpaired) electrons. The molecule has 2 aliphatic rings. The predicted octanol–water partition coefficient (Wildman–Crippen LogP) is 2.95. The van der Waals surface area contributed by atoms with Gasteiger partial charge < -0.3 is 9.64 Å². The average Bonchev–Trinajstić information content (AvgIpc) is 3.08. The number of likely N-dealkylation sites (tertiary alicyclic amines) is 1. The van der Waals surface area contributed by atoms with Crippen LogP contribution in [0.2, 0.25) is 0 Å². The van der Waals surface area contributed by atoms with Crippen molar-refractivity contribution < 1.29 is 9.53 Å². The standard InChI is InChI=1S/C21H27N3O2/c1-15-12-23(13-16(2)26-15)14-18-7-5-11-24(18)21(25)20-10-9-17-6-3-4-8-19(17)22-20/h3-4,6,8-10,15-16,18H,5,7,11-14H2,1-2H3/t15-,16-,18+/m1/s1. The molecule has 0 unspecified atom stereocenters. The molecular weight excluding hydrogens is 326 g/mol. The van der Waals surface area contributed by atoms with Gasteiger partial charge in [0.1, 0.15) is 5.69 Å². The summed E-state index contributed by atoms with van der Waals surface area (Å²) in [6.45, 7) is 7.89. The Balaban J connectivity index is 1.49. The largest absolute Gasteiger partial charge is 0.373 e. The Labute approximate surface area is 154 Å². The third kappa shape index (κ3) is 3.60. The van der Waals surface area contributed by atoms with Crippen molar-refractivity contribution in [1.29, 1.82) is 0 Å². The minimum atomic E-state index is 0.0626. The van der Waals surface area contributed by atoms with Crippen LogP contribution in [-0.2, 0) is 4.74 Å². The maximum absolute atomic E-state index is 13.1. The Bertz CT molecular complexity index is 784. The molecule has 3 heterocycles. The second-order valence-corrected chi connectivity index (χ2v) is 7.66. The molecule has 1 amide bonds. The smallest absolute Gasteiger partial charge is 0.272 e. The van der Waals surface area contributed by atoms with Crippen molar-refractivity contribution in [3.8, 4) is 0 Å². The van der Waals surface area contributed by atoms with E-state index in [1.165, 1.54) is 0 Å². The van der Waals surface area contributed by atoms with Crippen LogP contribution in [0.1, 0.15) is 37.2 Å². The minimum Gasteiger partial charge on any atom is -0.373 e. The number of rotatable bonds is 3. The zero-order chi connectivity index (χ0) is 18.1. The molecule has 1 aromatic heterocycles. The summed E-state index contributed by atoms with van der Waals surface area (Å²) in [7, 11) is 0. The lowest BCUT2D eigenvalue weighted by Gasteiger charge is -2.38. The molecule has 2 aliphatic heterocycles. The van der Waals surface area contributed by atoms with Gasteiger partial charge in [-0.25, -0.2) is 4.98 Å². The molecular formula is C21H27N3O2. The lowest BCUT2D eigenvalue weighted by atomic mass is 10.1. The molecule has 0 N–H and O–H groups in total. The van der Waals surface area contributed by atoms with Crippen LogP contribution < -0.4 is 0 Å². The highest BCUT2D eigenvalue weighted by Gasteiger charge is 2.33.